The molecular weight excluding hydrogens is 194 g/mol. The van der Waals surface area contributed by atoms with Crippen LogP contribution in [0.4, 0.5) is 0 Å². The molecule has 0 aliphatic carbocycles. The van der Waals surface area contributed by atoms with Gasteiger partial charge in [-0.3, -0.25) is 0 Å². The number of ether oxygens (including phenoxy) is 2. The van der Waals surface area contributed by atoms with E-state index in [0.717, 1.165) is 6.54 Å². The van der Waals surface area contributed by atoms with Crippen molar-refractivity contribution in [1.29, 1.82) is 0 Å². The molecule has 2 N–H and O–H groups in total. The zero-order valence-electron chi connectivity index (χ0n) is 10.4. The van der Waals surface area contributed by atoms with E-state index < -0.39 is 0 Å². The van der Waals surface area contributed by atoms with Gasteiger partial charge in [0.1, 0.15) is 0 Å². The summed E-state index contributed by atoms with van der Waals surface area (Å²) in [4.78, 5) is 0. The average molecular weight is 219 g/mol. The van der Waals surface area contributed by atoms with Gasteiger partial charge in [-0.25, -0.2) is 0 Å². The highest BCUT2D eigenvalue weighted by Gasteiger charge is 2.16. The van der Waals surface area contributed by atoms with Gasteiger partial charge in [-0.2, -0.15) is 0 Å². The molecule has 0 fully saturated rings. The Kier molecular flexibility index (Phi) is 7.96. The van der Waals surface area contributed by atoms with Gasteiger partial charge in [0.05, 0.1) is 0 Å². The van der Waals surface area contributed by atoms with E-state index in [0.29, 0.717) is 19.8 Å². The van der Waals surface area contributed by atoms with Gasteiger partial charge in [-0.05, 0) is 13.8 Å². The highest BCUT2D eigenvalue weighted by Crippen LogP contribution is 2.11. The third-order valence-electron chi connectivity index (χ3n) is 2.05. The average Bonchev–Trinajstić information content (AvgIpc) is 2.18. The van der Waals surface area contributed by atoms with Crippen LogP contribution in [0.15, 0.2) is 0 Å². The van der Waals surface area contributed by atoms with Crippen LogP contribution in [0.5, 0.6) is 0 Å². The first-order chi connectivity index (χ1) is 7.05. The molecule has 0 unspecified atom stereocenters. The summed E-state index contributed by atoms with van der Waals surface area (Å²) in [6, 6.07) is 0. The Balaban J connectivity index is 3.69. The van der Waals surface area contributed by atoms with Crippen LogP contribution in [0.3, 0.4) is 0 Å². The molecular formula is C11H25NO3. The molecule has 0 rings (SSSR count). The summed E-state index contributed by atoms with van der Waals surface area (Å²) < 4.78 is 10.8. The zero-order valence-corrected chi connectivity index (χ0v) is 10.4. The summed E-state index contributed by atoms with van der Waals surface area (Å²) in [5, 5.41) is 12.3. The molecule has 0 bridgehead atoms. The van der Waals surface area contributed by atoms with E-state index in [-0.39, 0.29) is 18.3 Å². The normalized spacial score (nSPS) is 12.4. The first-order valence-corrected chi connectivity index (χ1v) is 5.60. The molecule has 0 heterocycles. The first-order valence-electron chi connectivity index (χ1n) is 5.60. The Morgan fingerprint density at radius 3 is 2.13 bits per heavy atom. The lowest BCUT2D eigenvalue weighted by molar-refractivity contribution is -0.133. The summed E-state index contributed by atoms with van der Waals surface area (Å²) >= 11 is 0. The van der Waals surface area contributed by atoms with Crippen LogP contribution in [-0.2, 0) is 9.47 Å². The summed E-state index contributed by atoms with van der Waals surface area (Å²) in [6.45, 7) is 10.8. The molecule has 0 aromatic heterocycles. The molecule has 0 aromatic carbocycles. The van der Waals surface area contributed by atoms with Crippen molar-refractivity contribution in [2.24, 2.45) is 5.41 Å². The van der Waals surface area contributed by atoms with Gasteiger partial charge in [-0.1, -0.05) is 13.8 Å². The Morgan fingerprint density at radius 2 is 1.73 bits per heavy atom. The first kappa shape index (κ1) is 14.8. The van der Waals surface area contributed by atoms with E-state index in [2.05, 4.69) is 5.32 Å². The van der Waals surface area contributed by atoms with Crippen molar-refractivity contribution >= 4 is 0 Å². The van der Waals surface area contributed by atoms with Crippen molar-refractivity contribution in [2.75, 3.05) is 32.9 Å². The minimum Gasteiger partial charge on any atom is -0.396 e. The maximum atomic E-state index is 9.06. The van der Waals surface area contributed by atoms with E-state index in [1.54, 1.807) is 0 Å². The fraction of sp³-hybridized carbons (Fsp3) is 1.00. The molecule has 0 spiro atoms. The van der Waals surface area contributed by atoms with E-state index in [4.69, 9.17) is 14.6 Å². The van der Waals surface area contributed by atoms with Crippen molar-refractivity contribution in [2.45, 2.75) is 34.0 Å². The Bertz CT molecular complexity index is 145. The van der Waals surface area contributed by atoms with Crippen LogP contribution in [0.1, 0.15) is 27.7 Å². The largest absolute Gasteiger partial charge is 0.396 e. The monoisotopic (exact) mass is 219 g/mol. The lowest BCUT2D eigenvalue weighted by Crippen LogP contribution is -2.38. The second kappa shape index (κ2) is 8.05. The van der Waals surface area contributed by atoms with Crippen LogP contribution in [-0.4, -0.2) is 44.3 Å². The highest BCUT2D eigenvalue weighted by atomic mass is 16.7. The molecule has 0 aromatic rings. The van der Waals surface area contributed by atoms with Crippen LogP contribution in [0.2, 0.25) is 0 Å². The molecule has 0 atom stereocenters. The maximum absolute atomic E-state index is 9.06. The number of hydrogen-bond donors (Lipinski definition) is 2. The topological polar surface area (TPSA) is 50.7 Å². The van der Waals surface area contributed by atoms with Crippen molar-refractivity contribution in [3.8, 4) is 0 Å². The predicted octanol–water partition coefficient (Wildman–Crippen LogP) is 0.994. The highest BCUT2D eigenvalue weighted by molar-refractivity contribution is 4.70. The van der Waals surface area contributed by atoms with Gasteiger partial charge in [0, 0.05) is 38.3 Å². The molecule has 0 saturated heterocycles. The minimum absolute atomic E-state index is 0.0943. The predicted molar refractivity (Wildman–Crippen MR) is 60.8 cm³/mol. The summed E-state index contributed by atoms with van der Waals surface area (Å²) in [7, 11) is 0. The smallest absolute Gasteiger partial charge is 0.169 e. The van der Waals surface area contributed by atoms with E-state index in [1.165, 1.54) is 0 Å². The third-order valence-corrected chi connectivity index (χ3v) is 2.05. The van der Waals surface area contributed by atoms with Gasteiger partial charge >= 0.3 is 0 Å². The third kappa shape index (κ3) is 7.73. The molecule has 92 valence electrons. The number of aliphatic hydroxyl groups is 1. The molecule has 0 saturated carbocycles. The van der Waals surface area contributed by atoms with E-state index in [1.807, 2.05) is 27.7 Å². The van der Waals surface area contributed by atoms with Gasteiger partial charge in [0.15, 0.2) is 6.29 Å². The molecule has 4 nitrogen and oxygen atoms in total. The quantitative estimate of drug-likeness (QED) is 0.568. The molecule has 15 heavy (non-hydrogen) atoms. The van der Waals surface area contributed by atoms with Crippen molar-refractivity contribution < 1.29 is 14.6 Å². The van der Waals surface area contributed by atoms with Crippen molar-refractivity contribution in [3.63, 3.8) is 0 Å². The van der Waals surface area contributed by atoms with Gasteiger partial charge in [0.2, 0.25) is 0 Å². The van der Waals surface area contributed by atoms with Crippen LogP contribution >= 0.6 is 0 Å². The second-order valence-corrected chi connectivity index (χ2v) is 4.29. The van der Waals surface area contributed by atoms with E-state index >= 15 is 0 Å². The lowest BCUT2D eigenvalue weighted by atomic mass is 9.95. The van der Waals surface area contributed by atoms with Crippen LogP contribution in [0, 0.1) is 5.41 Å². The standard InChI is InChI=1S/C11H25NO3/c1-5-14-10(15-6-2)7-12-8-11(3,4)9-13/h10,12-13H,5-9H2,1-4H3. The molecule has 0 aliphatic rings. The molecule has 0 amide bonds. The Morgan fingerprint density at radius 1 is 1.20 bits per heavy atom. The number of rotatable bonds is 9. The zero-order chi connectivity index (χ0) is 11.7. The van der Waals surface area contributed by atoms with Crippen molar-refractivity contribution in [1.82, 2.24) is 5.32 Å². The maximum Gasteiger partial charge on any atom is 0.169 e. The Hall–Kier alpha value is -0.160. The van der Waals surface area contributed by atoms with Gasteiger partial charge < -0.3 is 19.9 Å². The minimum atomic E-state index is -0.186. The van der Waals surface area contributed by atoms with Crippen molar-refractivity contribution in [3.05, 3.63) is 0 Å². The summed E-state index contributed by atoms with van der Waals surface area (Å²) in [5.74, 6) is 0. The summed E-state index contributed by atoms with van der Waals surface area (Å²) in [6.07, 6.45) is -0.186. The van der Waals surface area contributed by atoms with Crippen LogP contribution in [0.25, 0.3) is 0 Å². The Labute approximate surface area is 93.0 Å². The number of nitrogens with one attached hydrogen (secondary N) is 1. The van der Waals surface area contributed by atoms with Gasteiger partial charge in [-0.15, -0.1) is 0 Å². The molecule has 4 heteroatoms. The molecule has 0 aliphatic heterocycles. The second-order valence-electron chi connectivity index (χ2n) is 4.29. The number of aliphatic hydroxyl groups excluding tert-OH is 1. The van der Waals surface area contributed by atoms with Crippen LogP contribution < -0.4 is 5.32 Å². The van der Waals surface area contributed by atoms with E-state index in [9.17, 15) is 0 Å². The fourth-order valence-corrected chi connectivity index (χ4v) is 1.12. The SMILES string of the molecule is CCOC(CNCC(C)(C)CO)OCC. The molecule has 0 radical (unpaired) electrons. The number of hydrogen-bond acceptors (Lipinski definition) is 4. The summed E-state index contributed by atoms with van der Waals surface area (Å²) in [5.41, 5.74) is -0.0943. The lowest BCUT2D eigenvalue weighted by Gasteiger charge is -2.24. The van der Waals surface area contributed by atoms with Gasteiger partial charge in [0.25, 0.3) is 0 Å². The fourth-order valence-electron chi connectivity index (χ4n) is 1.12.